The molecular formula is C12H15N. The third kappa shape index (κ3) is 2.79. The van der Waals surface area contributed by atoms with Crippen LogP contribution in [0.15, 0.2) is 54.3 Å². The van der Waals surface area contributed by atoms with Gasteiger partial charge in [-0.15, -0.1) is 0 Å². The fourth-order valence-electron chi connectivity index (χ4n) is 0.990. The van der Waals surface area contributed by atoms with Gasteiger partial charge in [0.1, 0.15) is 0 Å². The average molecular weight is 173 g/mol. The van der Waals surface area contributed by atoms with Gasteiger partial charge >= 0.3 is 0 Å². The van der Waals surface area contributed by atoms with Gasteiger partial charge in [-0.2, -0.15) is 0 Å². The molecule has 0 aliphatic rings. The molecular weight excluding hydrogens is 158 g/mol. The van der Waals surface area contributed by atoms with Gasteiger partial charge in [0.15, 0.2) is 0 Å². The van der Waals surface area contributed by atoms with Crippen molar-refractivity contribution in [3.8, 4) is 0 Å². The maximum Gasteiger partial charge on any atom is 0.0381 e. The largest absolute Gasteiger partial charge is 0.359 e. The zero-order valence-electron chi connectivity index (χ0n) is 8.17. The number of para-hydroxylation sites is 1. The first kappa shape index (κ1) is 9.59. The molecule has 0 aromatic heterocycles. The normalized spacial score (nSPS) is 11.8. The smallest absolute Gasteiger partial charge is 0.0381 e. The summed E-state index contributed by atoms with van der Waals surface area (Å²) in [5.41, 5.74) is 3.42. The van der Waals surface area contributed by atoms with E-state index < -0.39 is 0 Å². The van der Waals surface area contributed by atoms with Crippen LogP contribution in [-0.4, -0.2) is 0 Å². The Labute approximate surface area is 79.8 Å². The summed E-state index contributed by atoms with van der Waals surface area (Å²) in [6.45, 7) is 7.81. The Morgan fingerprint density at radius 1 is 1.23 bits per heavy atom. The molecule has 1 rings (SSSR count). The van der Waals surface area contributed by atoms with Crippen molar-refractivity contribution in [2.24, 2.45) is 0 Å². The van der Waals surface area contributed by atoms with Crippen LogP contribution in [0.25, 0.3) is 0 Å². The Morgan fingerprint density at radius 3 is 2.38 bits per heavy atom. The molecule has 0 spiro atoms. The van der Waals surface area contributed by atoms with Crippen LogP contribution < -0.4 is 5.32 Å². The van der Waals surface area contributed by atoms with E-state index in [1.54, 1.807) is 0 Å². The van der Waals surface area contributed by atoms with Crippen LogP contribution in [0.5, 0.6) is 0 Å². The first-order valence-corrected chi connectivity index (χ1v) is 4.36. The van der Waals surface area contributed by atoms with Crippen molar-refractivity contribution in [3.63, 3.8) is 0 Å². The van der Waals surface area contributed by atoms with E-state index in [-0.39, 0.29) is 0 Å². The SMILES string of the molecule is C=C/C(C)=C(/C)Nc1ccccc1. The van der Waals surface area contributed by atoms with Crippen molar-refractivity contribution in [1.29, 1.82) is 0 Å². The lowest BCUT2D eigenvalue weighted by atomic mass is 10.2. The van der Waals surface area contributed by atoms with Crippen molar-refractivity contribution in [3.05, 3.63) is 54.3 Å². The van der Waals surface area contributed by atoms with Gasteiger partial charge in [0.25, 0.3) is 0 Å². The molecule has 0 saturated heterocycles. The van der Waals surface area contributed by atoms with Gasteiger partial charge in [0, 0.05) is 11.4 Å². The molecule has 0 fully saturated rings. The van der Waals surface area contributed by atoms with Gasteiger partial charge in [-0.25, -0.2) is 0 Å². The van der Waals surface area contributed by atoms with Crippen LogP contribution in [0.3, 0.4) is 0 Å². The molecule has 0 atom stereocenters. The van der Waals surface area contributed by atoms with Crippen LogP contribution in [0.1, 0.15) is 13.8 Å². The topological polar surface area (TPSA) is 12.0 Å². The van der Waals surface area contributed by atoms with Crippen LogP contribution >= 0.6 is 0 Å². The first-order chi connectivity index (χ1) is 6.24. The summed E-state index contributed by atoms with van der Waals surface area (Å²) in [6.07, 6.45) is 1.85. The third-order valence-corrected chi connectivity index (χ3v) is 2.00. The highest BCUT2D eigenvalue weighted by atomic mass is 14.9. The van der Waals surface area contributed by atoms with Crippen molar-refractivity contribution < 1.29 is 0 Å². The number of allylic oxidation sites excluding steroid dienone is 3. The fraction of sp³-hybridized carbons (Fsp3) is 0.167. The molecule has 13 heavy (non-hydrogen) atoms. The Bertz CT molecular complexity index is 309. The Morgan fingerprint density at radius 2 is 1.85 bits per heavy atom. The third-order valence-electron chi connectivity index (χ3n) is 2.00. The van der Waals surface area contributed by atoms with Gasteiger partial charge in [0.05, 0.1) is 0 Å². The molecule has 0 amide bonds. The molecule has 1 N–H and O–H groups in total. The quantitative estimate of drug-likeness (QED) is 0.689. The lowest BCUT2D eigenvalue weighted by Gasteiger charge is -2.07. The number of hydrogen-bond acceptors (Lipinski definition) is 1. The fourth-order valence-corrected chi connectivity index (χ4v) is 0.990. The van der Waals surface area contributed by atoms with Gasteiger partial charge in [-0.05, 0) is 31.6 Å². The Kier molecular flexibility index (Phi) is 3.32. The van der Waals surface area contributed by atoms with Gasteiger partial charge in [-0.1, -0.05) is 30.9 Å². The molecule has 1 heteroatoms. The second kappa shape index (κ2) is 4.51. The maximum atomic E-state index is 3.73. The second-order valence-corrected chi connectivity index (χ2v) is 3.00. The molecule has 0 heterocycles. The Hall–Kier alpha value is -1.50. The first-order valence-electron chi connectivity index (χ1n) is 4.36. The molecule has 0 bridgehead atoms. The molecule has 0 aliphatic heterocycles. The van der Waals surface area contributed by atoms with Crippen molar-refractivity contribution in [1.82, 2.24) is 0 Å². The summed E-state index contributed by atoms with van der Waals surface area (Å²) in [6, 6.07) is 10.1. The van der Waals surface area contributed by atoms with E-state index >= 15 is 0 Å². The zero-order valence-corrected chi connectivity index (χ0v) is 8.17. The monoisotopic (exact) mass is 173 g/mol. The predicted molar refractivity (Wildman–Crippen MR) is 58.6 cm³/mol. The van der Waals surface area contributed by atoms with Gasteiger partial charge in [-0.3, -0.25) is 0 Å². The molecule has 1 aromatic carbocycles. The molecule has 0 aliphatic carbocycles. The van der Waals surface area contributed by atoms with Crippen LogP contribution in [0, 0.1) is 0 Å². The average Bonchev–Trinajstić information content (AvgIpc) is 2.18. The maximum absolute atomic E-state index is 3.73. The number of rotatable bonds is 3. The lowest BCUT2D eigenvalue weighted by molar-refractivity contribution is 1.29. The minimum absolute atomic E-state index is 1.11. The zero-order chi connectivity index (χ0) is 9.68. The number of benzene rings is 1. The van der Waals surface area contributed by atoms with E-state index in [9.17, 15) is 0 Å². The second-order valence-electron chi connectivity index (χ2n) is 3.00. The minimum atomic E-state index is 1.11. The molecule has 1 aromatic rings. The predicted octanol–water partition coefficient (Wildman–Crippen LogP) is 3.58. The van der Waals surface area contributed by atoms with Crippen LogP contribution in [-0.2, 0) is 0 Å². The van der Waals surface area contributed by atoms with Gasteiger partial charge in [0.2, 0.25) is 0 Å². The number of hydrogen-bond donors (Lipinski definition) is 1. The summed E-state index contributed by atoms with van der Waals surface area (Å²) in [5, 5.41) is 3.30. The van der Waals surface area contributed by atoms with E-state index in [2.05, 4.69) is 11.9 Å². The van der Waals surface area contributed by atoms with E-state index in [0.29, 0.717) is 0 Å². The number of nitrogens with one attached hydrogen (secondary N) is 1. The highest BCUT2D eigenvalue weighted by Gasteiger charge is 1.93. The van der Waals surface area contributed by atoms with Crippen LogP contribution in [0.4, 0.5) is 5.69 Å². The summed E-state index contributed by atoms with van der Waals surface area (Å²) < 4.78 is 0. The molecule has 0 saturated carbocycles. The summed E-state index contributed by atoms with van der Waals surface area (Å²) >= 11 is 0. The van der Waals surface area contributed by atoms with Crippen molar-refractivity contribution in [2.45, 2.75) is 13.8 Å². The summed E-state index contributed by atoms with van der Waals surface area (Å²) in [7, 11) is 0. The van der Waals surface area contributed by atoms with E-state index in [0.717, 1.165) is 11.4 Å². The van der Waals surface area contributed by atoms with E-state index in [4.69, 9.17) is 0 Å². The van der Waals surface area contributed by atoms with Crippen molar-refractivity contribution >= 4 is 5.69 Å². The molecule has 0 radical (unpaired) electrons. The molecule has 1 nitrogen and oxygen atoms in total. The van der Waals surface area contributed by atoms with E-state index in [1.807, 2.05) is 50.3 Å². The van der Waals surface area contributed by atoms with Gasteiger partial charge < -0.3 is 5.32 Å². The van der Waals surface area contributed by atoms with Crippen LogP contribution in [0.2, 0.25) is 0 Å². The van der Waals surface area contributed by atoms with E-state index in [1.165, 1.54) is 5.57 Å². The highest BCUT2D eigenvalue weighted by Crippen LogP contribution is 2.11. The standard InChI is InChI=1S/C12H15N/c1-4-10(2)11(3)13-12-8-6-5-7-9-12/h4-9,13H,1H2,2-3H3/b11-10-. The lowest BCUT2D eigenvalue weighted by Crippen LogP contribution is -1.96. The molecule has 0 unspecified atom stereocenters. The highest BCUT2D eigenvalue weighted by molar-refractivity contribution is 5.48. The summed E-state index contributed by atoms with van der Waals surface area (Å²) in [4.78, 5) is 0. The Balaban J connectivity index is 2.76. The summed E-state index contributed by atoms with van der Waals surface area (Å²) in [5.74, 6) is 0. The molecule has 68 valence electrons. The van der Waals surface area contributed by atoms with Crippen molar-refractivity contribution in [2.75, 3.05) is 5.32 Å². The number of anilines is 1. The minimum Gasteiger partial charge on any atom is -0.359 e.